The third-order valence-electron chi connectivity index (χ3n) is 8.75. The van der Waals surface area contributed by atoms with Crippen LogP contribution in [-0.2, 0) is 11.2 Å². The fraction of sp³-hybridized carbons (Fsp3) is 0.205. The van der Waals surface area contributed by atoms with Gasteiger partial charge in [0.25, 0.3) is 5.91 Å². The third-order valence-corrected chi connectivity index (χ3v) is 8.75. The smallest absolute Gasteiger partial charge is 0.324 e. The number of carbonyl (C=O) groups excluding carboxylic acids is 3. The molecule has 0 bridgehead atoms. The standard InChI is InChI=1S/C39H39N9O3/c1-23-12-15-29(20-34(23)48-22-24(2)35(47(6)39(48)51)46-38(40-5)44-30-16-13-25(3)41-21-30)43-36(49)28-14-17-31-26(4)42-33(37(50)45-32(31)19-28)18-27-10-8-7-9-11-27/h7-17,19-21,33H,5,18,22H2,1-4,6H3,(H,43,49)(H,44,46)(H,45,50)/t33-/m1/s1. The number of pyridine rings is 1. The Morgan fingerprint density at radius 2 is 1.73 bits per heavy atom. The number of amides is 4. The number of benzodiazepines with no additional fused rings is 1. The van der Waals surface area contributed by atoms with E-state index in [0.717, 1.165) is 28.0 Å². The molecule has 4 amide bonds. The minimum Gasteiger partial charge on any atom is -0.324 e. The molecule has 4 aromatic rings. The number of aryl methyl sites for hydroxylation is 2. The van der Waals surface area contributed by atoms with Crippen LogP contribution in [0.15, 0.2) is 111 Å². The lowest BCUT2D eigenvalue weighted by Crippen LogP contribution is -2.46. The number of urea groups is 1. The van der Waals surface area contributed by atoms with Gasteiger partial charge in [0.15, 0.2) is 0 Å². The summed E-state index contributed by atoms with van der Waals surface area (Å²) in [5.41, 5.74) is 7.77. The number of guanidine groups is 1. The number of nitrogens with one attached hydrogen (secondary N) is 3. The number of hydrogen-bond donors (Lipinski definition) is 3. The minimum absolute atomic E-state index is 0.232. The molecule has 3 heterocycles. The molecule has 0 saturated heterocycles. The average molecular weight is 682 g/mol. The lowest BCUT2D eigenvalue weighted by atomic mass is 10.0. The maximum atomic E-state index is 13.7. The molecule has 0 radical (unpaired) electrons. The Morgan fingerprint density at radius 3 is 2.45 bits per heavy atom. The van der Waals surface area contributed by atoms with E-state index in [-0.39, 0.29) is 30.3 Å². The summed E-state index contributed by atoms with van der Waals surface area (Å²) in [4.78, 5) is 61.2. The predicted molar refractivity (Wildman–Crippen MR) is 203 cm³/mol. The van der Waals surface area contributed by atoms with Crippen LogP contribution < -0.4 is 20.9 Å². The van der Waals surface area contributed by atoms with E-state index in [1.165, 1.54) is 4.90 Å². The molecule has 2 aliphatic heterocycles. The average Bonchev–Trinajstić information content (AvgIpc) is 3.24. The van der Waals surface area contributed by atoms with Crippen molar-refractivity contribution in [3.05, 3.63) is 124 Å². The van der Waals surface area contributed by atoms with Gasteiger partial charge in [-0.3, -0.25) is 29.4 Å². The molecule has 0 fully saturated rings. The van der Waals surface area contributed by atoms with Gasteiger partial charge in [-0.1, -0.05) is 42.5 Å². The topological polar surface area (TPSA) is 144 Å². The number of fused-ring (bicyclic) bond motifs is 1. The molecule has 51 heavy (non-hydrogen) atoms. The van der Waals surface area contributed by atoms with E-state index in [9.17, 15) is 14.4 Å². The molecule has 1 atom stereocenters. The van der Waals surface area contributed by atoms with Crippen molar-refractivity contribution < 1.29 is 14.4 Å². The third kappa shape index (κ3) is 7.59. The number of nitrogens with zero attached hydrogens (tertiary/aromatic N) is 6. The Balaban J connectivity index is 1.18. The predicted octanol–water partition coefficient (Wildman–Crippen LogP) is 6.60. The quantitative estimate of drug-likeness (QED) is 0.149. The number of aliphatic imine (C=N–C) groups is 3. The number of hydrogen-bond acceptors (Lipinski definition) is 6. The second-order valence-electron chi connectivity index (χ2n) is 12.6. The summed E-state index contributed by atoms with van der Waals surface area (Å²) >= 11 is 0. The zero-order chi connectivity index (χ0) is 36.2. The van der Waals surface area contributed by atoms with Gasteiger partial charge in [-0.05, 0) is 87.5 Å². The van der Waals surface area contributed by atoms with Crippen LogP contribution in [0.1, 0.15) is 46.6 Å². The largest absolute Gasteiger partial charge is 0.330 e. The molecule has 258 valence electrons. The van der Waals surface area contributed by atoms with E-state index in [2.05, 4.69) is 37.6 Å². The summed E-state index contributed by atoms with van der Waals surface area (Å²) in [7, 11) is 1.65. The number of benzene rings is 3. The number of carbonyl (C=O) groups is 3. The van der Waals surface area contributed by atoms with Crippen LogP contribution in [0.3, 0.4) is 0 Å². The summed E-state index contributed by atoms with van der Waals surface area (Å²) in [5.74, 6) is 0.0898. The van der Waals surface area contributed by atoms with Gasteiger partial charge >= 0.3 is 6.03 Å². The fourth-order valence-electron chi connectivity index (χ4n) is 6.01. The van der Waals surface area contributed by atoms with Crippen LogP contribution in [0.2, 0.25) is 0 Å². The van der Waals surface area contributed by atoms with Crippen LogP contribution in [0.4, 0.5) is 27.5 Å². The highest BCUT2D eigenvalue weighted by Gasteiger charge is 2.31. The highest BCUT2D eigenvalue weighted by molar-refractivity contribution is 6.13. The Bertz CT molecular complexity index is 2120. The van der Waals surface area contributed by atoms with Crippen molar-refractivity contribution in [2.75, 3.05) is 34.4 Å². The first-order chi connectivity index (χ1) is 24.5. The molecule has 0 spiro atoms. The van der Waals surface area contributed by atoms with E-state index in [1.54, 1.807) is 48.5 Å². The molecule has 12 nitrogen and oxygen atoms in total. The van der Waals surface area contributed by atoms with Crippen molar-refractivity contribution in [2.24, 2.45) is 15.0 Å². The molecule has 3 N–H and O–H groups in total. The van der Waals surface area contributed by atoms with E-state index < -0.39 is 6.04 Å². The van der Waals surface area contributed by atoms with Crippen molar-refractivity contribution in [1.29, 1.82) is 0 Å². The molecule has 0 aliphatic carbocycles. The molecule has 6 rings (SSSR count). The summed E-state index contributed by atoms with van der Waals surface area (Å²) in [6, 6.07) is 23.2. The molecule has 0 saturated carbocycles. The summed E-state index contributed by atoms with van der Waals surface area (Å²) in [6.07, 6.45) is 2.14. The first kappa shape index (κ1) is 34.4. The lowest BCUT2D eigenvalue weighted by molar-refractivity contribution is -0.117. The molecule has 0 unspecified atom stereocenters. The van der Waals surface area contributed by atoms with E-state index in [4.69, 9.17) is 4.99 Å². The van der Waals surface area contributed by atoms with Gasteiger partial charge in [-0.15, -0.1) is 0 Å². The van der Waals surface area contributed by atoms with Gasteiger partial charge in [0.1, 0.15) is 11.9 Å². The molecule has 1 aromatic heterocycles. The first-order valence-electron chi connectivity index (χ1n) is 16.5. The zero-order valence-corrected chi connectivity index (χ0v) is 29.2. The second-order valence-corrected chi connectivity index (χ2v) is 12.6. The maximum absolute atomic E-state index is 13.7. The minimum atomic E-state index is -0.588. The van der Waals surface area contributed by atoms with Crippen molar-refractivity contribution in [3.63, 3.8) is 0 Å². The van der Waals surface area contributed by atoms with E-state index >= 15 is 0 Å². The van der Waals surface area contributed by atoms with E-state index in [0.29, 0.717) is 46.3 Å². The summed E-state index contributed by atoms with van der Waals surface area (Å²) < 4.78 is 0. The molecular formula is C39H39N9O3. The van der Waals surface area contributed by atoms with Crippen molar-refractivity contribution in [3.8, 4) is 0 Å². The Labute approximate surface area is 296 Å². The molecule has 2 aliphatic rings. The monoisotopic (exact) mass is 681 g/mol. The number of aromatic nitrogens is 1. The van der Waals surface area contributed by atoms with Gasteiger partial charge in [0.2, 0.25) is 11.9 Å². The van der Waals surface area contributed by atoms with Gasteiger partial charge in [0, 0.05) is 41.7 Å². The SMILES string of the molecule is C=N/C(=N\C1=C(C)CN(c2cc(NC(=O)c3ccc4c(c3)NC(=O)[C@@H](Cc3ccccc3)N=C4C)ccc2C)C(=O)N1C)Nc1ccc(C)nc1. The normalized spacial score (nSPS) is 16.2. The van der Waals surface area contributed by atoms with Gasteiger partial charge < -0.3 is 16.0 Å². The van der Waals surface area contributed by atoms with Crippen LogP contribution in [0, 0.1) is 13.8 Å². The van der Waals surface area contributed by atoms with Crippen molar-refractivity contribution in [1.82, 2.24) is 9.88 Å². The fourth-order valence-corrected chi connectivity index (χ4v) is 6.01. The highest BCUT2D eigenvalue weighted by Crippen LogP contribution is 2.31. The van der Waals surface area contributed by atoms with Crippen molar-refractivity contribution >= 4 is 59.0 Å². The van der Waals surface area contributed by atoms with Gasteiger partial charge in [-0.2, -0.15) is 4.99 Å². The Kier molecular flexibility index (Phi) is 9.85. The lowest BCUT2D eigenvalue weighted by Gasteiger charge is -2.35. The Hall–Kier alpha value is -6.43. The highest BCUT2D eigenvalue weighted by atomic mass is 16.2. The zero-order valence-electron chi connectivity index (χ0n) is 29.2. The van der Waals surface area contributed by atoms with Crippen LogP contribution in [0.5, 0.6) is 0 Å². The van der Waals surface area contributed by atoms with Gasteiger partial charge in [-0.25, -0.2) is 9.79 Å². The maximum Gasteiger partial charge on any atom is 0.330 e. The molecular weight excluding hydrogens is 642 g/mol. The number of rotatable bonds is 7. The van der Waals surface area contributed by atoms with Crippen LogP contribution >= 0.6 is 0 Å². The number of anilines is 4. The van der Waals surface area contributed by atoms with Crippen LogP contribution in [-0.4, -0.2) is 65.8 Å². The van der Waals surface area contributed by atoms with Crippen molar-refractivity contribution in [2.45, 2.75) is 40.2 Å². The second kappa shape index (κ2) is 14.6. The van der Waals surface area contributed by atoms with Crippen LogP contribution in [0.25, 0.3) is 0 Å². The molecule has 3 aromatic carbocycles. The molecule has 12 heteroatoms. The Morgan fingerprint density at radius 1 is 0.961 bits per heavy atom. The van der Waals surface area contributed by atoms with Gasteiger partial charge in [0.05, 0.1) is 29.8 Å². The summed E-state index contributed by atoms with van der Waals surface area (Å²) in [6.45, 7) is 11.5. The van der Waals surface area contributed by atoms with E-state index in [1.807, 2.05) is 76.2 Å². The summed E-state index contributed by atoms with van der Waals surface area (Å²) in [5, 5.41) is 9.02. The first-order valence-corrected chi connectivity index (χ1v) is 16.5.